The van der Waals surface area contributed by atoms with E-state index >= 15 is 0 Å². The van der Waals surface area contributed by atoms with E-state index in [1.165, 1.54) is 0 Å². The van der Waals surface area contributed by atoms with E-state index in [1.54, 1.807) is 7.11 Å². The third kappa shape index (κ3) is 2.94. The van der Waals surface area contributed by atoms with Crippen molar-refractivity contribution in [1.29, 1.82) is 0 Å². The third-order valence-corrected chi connectivity index (χ3v) is 4.70. The molecular formula is C15H19BrO3. The van der Waals surface area contributed by atoms with Gasteiger partial charge in [0.2, 0.25) is 0 Å². The molecule has 3 nitrogen and oxygen atoms in total. The lowest BCUT2D eigenvalue weighted by atomic mass is 9.86. The molecule has 0 radical (unpaired) electrons. The highest BCUT2D eigenvalue weighted by atomic mass is 79.9. The van der Waals surface area contributed by atoms with Crippen LogP contribution >= 0.6 is 15.9 Å². The largest absolute Gasteiger partial charge is 0.496 e. The number of hydrogen-bond donors (Lipinski definition) is 1. The fraction of sp³-hybridized carbons (Fsp3) is 0.533. The SMILES string of the molecule is COc1c(C)c(Br)cc(C)c1C(CC(=O)O)C1CC1. The molecule has 1 fully saturated rings. The number of aliphatic carboxylic acids is 1. The molecule has 2 rings (SSSR count). The Morgan fingerprint density at radius 3 is 2.63 bits per heavy atom. The summed E-state index contributed by atoms with van der Waals surface area (Å²) in [6.45, 7) is 4.02. The molecule has 0 spiro atoms. The van der Waals surface area contributed by atoms with Gasteiger partial charge in [-0.3, -0.25) is 4.79 Å². The van der Waals surface area contributed by atoms with Gasteiger partial charge in [0.1, 0.15) is 5.75 Å². The molecule has 0 aromatic heterocycles. The van der Waals surface area contributed by atoms with Gasteiger partial charge in [0.05, 0.1) is 13.5 Å². The van der Waals surface area contributed by atoms with E-state index in [9.17, 15) is 4.79 Å². The van der Waals surface area contributed by atoms with E-state index in [2.05, 4.69) is 22.0 Å². The van der Waals surface area contributed by atoms with Crippen molar-refractivity contribution in [3.05, 3.63) is 27.2 Å². The van der Waals surface area contributed by atoms with Gasteiger partial charge in [0, 0.05) is 21.5 Å². The Kier molecular flexibility index (Phi) is 4.19. The maximum atomic E-state index is 11.1. The Morgan fingerprint density at radius 1 is 1.53 bits per heavy atom. The molecule has 1 unspecified atom stereocenters. The Hall–Kier alpha value is -1.03. The lowest BCUT2D eigenvalue weighted by Gasteiger charge is -2.22. The van der Waals surface area contributed by atoms with Crippen LogP contribution in [0.1, 0.15) is 41.9 Å². The molecule has 0 amide bonds. The molecule has 1 aliphatic carbocycles. The summed E-state index contributed by atoms with van der Waals surface area (Å²) >= 11 is 3.53. The van der Waals surface area contributed by atoms with E-state index in [1.807, 2.05) is 13.8 Å². The van der Waals surface area contributed by atoms with Crippen LogP contribution in [0.2, 0.25) is 0 Å². The van der Waals surface area contributed by atoms with Crippen LogP contribution in [-0.2, 0) is 4.79 Å². The second-order valence-electron chi connectivity index (χ2n) is 5.29. The molecule has 0 aliphatic heterocycles. The lowest BCUT2D eigenvalue weighted by Crippen LogP contribution is -2.12. The van der Waals surface area contributed by atoms with Crippen molar-refractivity contribution in [1.82, 2.24) is 0 Å². The van der Waals surface area contributed by atoms with Crippen molar-refractivity contribution >= 4 is 21.9 Å². The van der Waals surface area contributed by atoms with Crippen LogP contribution in [0.25, 0.3) is 0 Å². The zero-order valence-electron chi connectivity index (χ0n) is 11.5. The average Bonchev–Trinajstić information content (AvgIpc) is 3.14. The van der Waals surface area contributed by atoms with Gasteiger partial charge in [0.25, 0.3) is 0 Å². The van der Waals surface area contributed by atoms with Gasteiger partial charge in [0.15, 0.2) is 0 Å². The number of methoxy groups -OCH3 is 1. The van der Waals surface area contributed by atoms with Gasteiger partial charge in [-0.2, -0.15) is 0 Å². The normalized spacial score (nSPS) is 16.2. The number of carbonyl (C=O) groups is 1. The first-order valence-electron chi connectivity index (χ1n) is 6.51. The molecule has 0 heterocycles. The molecule has 4 heteroatoms. The highest BCUT2D eigenvalue weighted by molar-refractivity contribution is 9.10. The maximum Gasteiger partial charge on any atom is 0.303 e. The first-order chi connectivity index (χ1) is 8.95. The Bertz CT molecular complexity index is 507. The molecule has 1 atom stereocenters. The van der Waals surface area contributed by atoms with E-state index in [4.69, 9.17) is 9.84 Å². The fourth-order valence-corrected chi connectivity index (χ4v) is 3.30. The Balaban J connectivity index is 2.51. The standard InChI is InChI=1S/C15H19BrO3/c1-8-6-12(16)9(2)15(19-3)14(8)11(7-13(17)18)10-4-5-10/h6,10-11H,4-5,7H2,1-3H3,(H,17,18). The molecule has 1 aromatic carbocycles. The number of carboxylic acid groups (broad SMARTS) is 1. The molecule has 1 aliphatic rings. The fourth-order valence-electron chi connectivity index (χ4n) is 2.78. The van der Waals surface area contributed by atoms with Gasteiger partial charge in [-0.25, -0.2) is 0 Å². The van der Waals surface area contributed by atoms with Crippen LogP contribution in [-0.4, -0.2) is 18.2 Å². The highest BCUT2D eigenvalue weighted by Gasteiger charge is 2.36. The van der Waals surface area contributed by atoms with Crippen molar-refractivity contribution in [2.24, 2.45) is 5.92 Å². The van der Waals surface area contributed by atoms with Crippen molar-refractivity contribution in [2.45, 2.75) is 39.0 Å². The number of ether oxygens (including phenoxy) is 1. The monoisotopic (exact) mass is 326 g/mol. The van der Waals surface area contributed by atoms with Gasteiger partial charge in [-0.1, -0.05) is 15.9 Å². The molecule has 104 valence electrons. The summed E-state index contributed by atoms with van der Waals surface area (Å²) in [6, 6.07) is 2.06. The average molecular weight is 327 g/mol. The van der Waals surface area contributed by atoms with E-state index in [-0.39, 0.29) is 12.3 Å². The number of rotatable bonds is 5. The van der Waals surface area contributed by atoms with Crippen molar-refractivity contribution in [3.8, 4) is 5.75 Å². The first-order valence-corrected chi connectivity index (χ1v) is 7.30. The zero-order chi connectivity index (χ0) is 14.2. The molecule has 1 N–H and O–H groups in total. The van der Waals surface area contributed by atoms with Gasteiger partial charge in [-0.15, -0.1) is 0 Å². The molecule has 19 heavy (non-hydrogen) atoms. The van der Waals surface area contributed by atoms with Crippen molar-refractivity contribution < 1.29 is 14.6 Å². The minimum Gasteiger partial charge on any atom is -0.496 e. The number of halogens is 1. The second kappa shape index (κ2) is 5.53. The van der Waals surface area contributed by atoms with E-state index in [0.29, 0.717) is 5.92 Å². The molecule has 0 bridgehead atoms. The topological polar surface area (TPSA) is 46.5 Å². The zero-order valence-corrected chi connectivity index (χ0v) is 13.1. The third-order valence-electron chi connectivity index (χ3n) is 3.87. The van der Waals surface area contributed by atoms with Gasteiger partial charge >= 0.3 is 5.97 Å². The van der Waals surface area contributed by atoms with Crippen LogP contribution in [0.15, 0.2) is 10.5 Å². The number of carboxylic acids is 1. The predicted octanol–water partition coefficient (Wildman–Crippen LogP) is 4.04. The summed E-state index contributed by atoms with van der Waals surface area (Å²) in [5, 5.41) is 9.15. The molecule has 0 saturated heterocycles. The number of hydrogen-bond acceptors (Lipinski definition) is 2. The molecule has 1 saturated carbocycles. The smallest absolute Gasteiger partial charge is 0.303 e. The first kappa shape index (κ1) is 14.4. The Morgan fingerprint density at radius 2 is 2.16 bits per heavy atom. The van der Waals surface area contributed by atoms with Crippen molar-refractivity contribution in [3.63, 3.8) is 0 Å². The summed E-state index contributed by atoms with van der Waals surface area (Å²) in [4.78, 5) is 11.1. The van der Waals surface area contributed by atoms with Crippen LogP contribution in [0.5, 0.6) is 5.75 Å². The quantitative estimate of drug-likeness (QED) is 0.888. The summed E-state index contributed by atoms with van der Waals surface area (Å²) in [5.74, 6) is 0.660. The van der Waals surface area contributed by atoms with Crippen LogP contribution in [0.3, 0.4) is 0 Å². The second-order valence-corrected chi connectivity index (χ2v) is 6.14. The molecular weight excluding hydrogens is 308 g/mol. The summed E-state index contributed by atoms with van der Waals surface area (Å²) in [6.07, 6.45) is 2.42. The number of benzene rings is 1. The predicted molar refractivity (Wildman–Crippen MR) is 77.9 cm³/mol. The van der Waals surface area contributed by atoms with Crippen LogP contribution < -0.4 is 4.74 Å². The summed E-state index contributed by atoms with van der Waals surface area (Å²) in [5.41, 5.74) is 3.22. The van der Waals surface area contributed by atoms with Crippen LogP contribution in [0, 0.1) is 19.8 Å². The minimum absolute atomic E-state index is 0.0687. The van der Waals surface area contributed by atoms with Gasteiger partial charge < -0.3 is 9.84 Å². The van der Waals surface area contributed by atoms with Crippen molar-refractivity contribution in [2.75, 3.05) is 7.11 Å². The number of aryl methyl sites for hydroxylation is 1. The van der Waals surface area contributed by atoms with E-state index < -0.39 is 5.97 Å². The van der Waals surface area contributed by atoms with Gasteiger partial charge in [-0.05, 0) is 44.2 Å². The maximum absolute atomic E-state index is 11.1. The highest BCUT2D eigenvalue weighted by Crippen LogP contribution is 2.49. The minimum atomic E-state index is -0.737. The van der Waals surface area contributed by atoms with Crippen LogP contribution in [0.4, 0.5) is 0 Å². The summed E-state index contributed by atoms with van der Waals surface area (Å²) < 4.78 is 6.57. The van der Waals surface area contributed by atoms with E-state index in [0.717, 1.165) is 39.8 Å². The Labute approximate surface area is 122 Å². The summed E-state index contributed by atoms with van der Waals surface area (Å²) in [7, 11) is 1.66. The molecule has 1 aromatic rings. The lowest BCUT2D eigenvalue weighted by molar-refractivity contribution is -0.137.